The lowest BCUT2D eigenvalue weighted by molar-refractivity contribution is -0.149. The van der Waals surface area contributed by atoms with Crippen molar-refractivity contribution < 1.29 is 18.7 Å². The van der Waals surface area contributed by atoms with Gasteiger partial charge in [0.25, 0.3) is 0 Å². The zero-order valence-corrected chi connectivity index (χ0v) is 11.9. The van der Waals surface area contributed by atoms with Crippen molar-refractivity contribution in [2.24, 2.45) is 5.41 Å². The van der Waals surface area contributed by atoms with E-state index in [1.807, 2.05) is 0 Å². The summed E-state index contributed by atoms with van der Waals surface area (Å²) in [4.78, 5) is 11.3. The Morgan fingerprint density at radius 3 is 2.33 bits per heavy atom. The largest absolute Gasteiger partial charge is 0.481 e. The smallest absolute Gasteiger partial charge is 0.309 e. The van der Waals surface area contributed by atoms with Crippen molar-refractivity contribution >= 4 is 21.9 Å². The van der Waals surface area contributed by atoms with Gasteiger partial charge in [0.15, 0.2) is 0 Å². The van der Waals surface area contributed by atoms with Crippen molar-refractivity contribution in [3.8, 4) is 0 Å². The minimum Gasteiger partial charge on any atom is -0.481 e. The Hall–Kier alpha value is -0.970. The van der Waals surface area contributed by atoms with Crippen LogP contribution in [0.5, 0.6) is 0 Å². The molecule has 1 aromatic rings. The first-order valence-corrected chi connectivity index (χ1v) is 6.53. The molecule has 100 valence electrons. The van der Waals surface area contributed by atoms with Crippen LogP contribution in [0.3, 0.4) is 0 Å². The molecule has 0 saturated heterocycles. The molecule has 1 rings (SSSR count). The van der Waals surface area contributed by atoms with Crippen molar-refractivity contribution in [2.45, 2.75) is 33.1 Å². The van der Waals surface area contributed by atoms with E-state index in [1.54, 1.807) is 13.8 Å². The molecule has 0 aliphatic heterocycles. The van der Waals surface area contributed by atoms with E-state index in [1.165, 1.54) is 6.07 Å². The summed E-state index contributed by atoms with van der Waals surface area (Å²) in [6.45, 7) is 3.43. The first-order valence-electron chi connectivity index (χ1n) is 5.73. The number of hydrogen-bond donors (Lipinski definition) is 1. The highest BCUT2D eigenvalue weighted by molar-refractivity contribution is 9.10. The predicted molar refractivity (Wildman–Crippen MR) is 68.4 cm³/mol. The summed E-state index contributed by atoms with van der Waals surface area (Å²) in [5.41, 5.74) is -1.29. The van der Waals surface area contributed by atoms with E-state index in [4.69, 9.17) is 0 Å². The summed E-state index contributed by atoms with van der Waals surface area (Å²) >= 11 is 2.98. The van der Waals surface area contributed by atoms with E-state index < -0.39 is 23.0 Å². The minimum atomic E-state index is -1.12. The van der Waals surface area contributed by atoms with Crippen molar-refractivity contribution in [3.63, 3.8) is 0 Å². The number of hydrogen-bond acceptors (Lipinski definition) is 1. The van der Waals surface area contributed by atoms with Gasteiger partial charge in [-0.05, 0) is 47.3 Å². The molecule has 0 saturated carbocycles. The molecule has 0 bridgehead atoms. The highest BCUT2D eigenvalue weighted by atomic mass is 79.9. The van der Waals surface area contributed by atoms with Crippen LogP contribution in [0.4, 0.5) is 8.78 Å². The molecule has 1 N–H and O–H groups in total. The molecule has 0 unspecified atom stereocenters. The van der Waals surface area contributed by atoms with Gasteiger partial charge in [-0.3, -0.25) is 4.79 Å². The highest BCUT2D eigenvalue weighted by Gasteiger charge is 2.36. The van der Waals surface area contributed by atoms with Gasteiger partial charge in [0, 0.05) is 5.56 Å². The van der Waals surface area contributed by atoms with Crippen LogP contribution in [0.2, 0.25) is 0 Å². The Morgan fingerprint density at radius 1 is 1.33 bits per heavy atom. The van der Waals surface area contributed by atoms with Gasteiger partial charge in [0.05, 0.1) is 9.89 Å². The Labute approximate surface area is 113 Å². The van der Waals surface area contributed by atoms with Gasteiger partial charge in [-0.15, -0.1) is 0 Å². The van der Waals surface area contributed by atoms with Crippen molar-refractivity contribution in [1.82, 2.24) is 0 Å². The summed E-state index contributed by atoms with van der Waals surface area (Å²) < 4.78 is 27.6. The Balaban J connectivity index is 3.24. The number of carboxylic acid groups (broad SMARTS) is 1. The number of rotatable bonds is 5. The molecule has 0 aromatic heterocycles. The predicted octanol–water partition coefficient (Wildman–Crippen LogP) is 4.16. The Kier molecular flexibility index (Phi) is 4.85. The molecule has 0 amide bonds. The average Bonchev–Trinajstić information content (AvgIpc) is 2.35. The van der Waals surface area contributed by atoms with Gasteiger partial charge in [0.1, 0.15) is 11.6 Å². The SMILES string of the molecule is CCC(CC)(Cc1c(F)ccc(Br)c1F)C(=O)O. The van der Waals surface area contributed by atoms with E-state index in [9.17, 15) is 18.7 Å². The Morgan fingerprint density at radius 2 is 1.89 bits per heavy atom. The van der Waals surface area contributed by atoms with Crippen molar-refractivity contribution in [2.75, 3.05) is 0 Å². The highest BCUT2D eigenvalue weighted by Crippen LogP contribution is 2.34. The number of carbonyl (C=O) groups is 1. The standard InChI is InChI=1S/C13H15BrF2O2/c1-3-13(4-2,12(17)18)7-8-10(15)6-5-9(14)11(8)16/h5-6H,3-4,7H2,1-2H3,(H,17,18). The number of halogens is 3. The van der Waals surface area contributed by atoms with E-state index in [-0.39, 0.29) is 16.5 Å². The maximum Gasteiger partial charge on any atom is 0.309 e. The molecule has 0 atom stereocenters. The lowest BCUT2D eigenvalue weighted by atomic mass is 9.77. The summed E-state index contributed by atoms with van der Waals surface area (Å²) in [5.74, 6) is -2.45. The van der Waals surface area contributed by atoms with Crippen LogP contribution in [0, 0.1) is 17.0 Å². The quantitative estimate of drug-likeness (QED) is 0.827. The van der Waals surface area contributed by atoms with Gasteiger partial charge in [0.2, 0.25) is 0 Å². The molecule has 1 aromatic carbocycles. The van der Waals surface area contributed by atoms with E-state index in [0.717, 1.165) is 6.07 Å². The molecule has 0 fully saturated rings. The molecule has 0 heterocycles. The van der Waals surface area contributed by atoms with Crippen LogP contribution < -0.4 is 0 Å². The molecule has 18 heavy (non-hydrogen) atoms. The fourth-order valence-corrected chi connectivity index (χ4v) is 2.32. The number of benzene rings is 1. The number of aliphatic carboxylic acids is 1. The third kappa shape index (κ3) is 2.71. The lowest BCUT2D eigenvalue weighted by Gasteiger charge is -2.27. The zero-order valence-electron chi connectivity index (χ0n) is 10.3. The molecule has 5 heteroatoms. The fraction of sp³-hybridized carbons (Fsp3) is 0.462. The third-order valence-electron chi connectivity index (χ3n) is 3.46. The van der Waals surface area contributed by atoms with Crippen molar-refractivity contribution in [3.05, 3.63) is 33.8 Å². The summed E-state index contributed by atoms with van der Waals surface area (Å²) in [6.07, 6.45) is 0.501. The zero-order chi connectivity index (χ0) is 13.9. The summed E-state index contributed by atoms with van der Waals surface area (Å²) in [7, 11) is 0. The summed E-state index contributed by atoms with van der Waals surface area (Å²) in [6, 6.07) is 2.41. The Bertz CT molecular complexity index is 457. The second-order valence-corrected chi connectivity index (χ2v) is 5.15. The average molecular weight is 321 g/mol. The maximum absolute atomic E-state index is 13.8. The molecular weight excluding hydrogens is 306 g/mol. The normalized spacial score (nSPS) is 11.6. The van der Waals surface area contributed by atoms with Gasteiger partial charge in [-0.1, -0.05) is 13.8 Å². The van der Waals surface area contributed by atoms with Gasteiger partial charge in [-0.2, -0.15) is 0 Å². The van der Waals surface area contributed by atoms with Crippen LogP contribution >= 0.6 is 15.9 Å². The molecule has 0 radical (unpaired) electrons. The first-order chi connectivity index (χ1) is 8.38. The van der Waals surface area contributed by atoms with Gasteiger partial charge in [-0.25, -0.2) is 8.78 Å². The van der Waals surface area contributed by atoms with Gasteiger partial charge >= 0.3 is 5.97 Å². The first kappa shape index (κ1) is 15.1. The molecule has 2 nitrogen and oxygen atoms in total. The lowest BCUT2D eigenvalue weighted by Crippen LogP contribution is -2.32. The van der Waals surface area contributed by atoms with E-state index in [0.29, 0.717) is 12.8 Å². The third-order valence-corrected chi connectivity index (χ3v) is 4.07. The monoisotopic (exact) mass is 320 g/mol. The van der Waals surface area contributed by atoms with Crippen LogP contribution in [0.1, 0.15) is 32.3 Å². The van der Waals surface area contributed by atoms with Crippen molar-refractivity contribution in [1.29, 1.82) is 0 Å². The number of carboxylic acids is 1. The van der Waals surface area contributed by atoms with Crippen LogP contribution in [-0.4, -0.2) is 11.1 Å². The van der Waals surface area contributed by atoms with Crippen LogP contribution in [0.25, 0.3) is 0 Å². The fourth-order valence-electron chi connectivity index (χ4n) is 1.95. The topological polar surface area (TPSA) is 37.3 Å². The molecule has 0 aliphatic rings. The molecule has 0 aliphatic carbocycles. The molecular formula is C13H15BrF2O2. The van der Waals surface area contributed by atoms with Gasteiger partial charge < -0.3 is 5.11 Å². The van der Waals surface area contributed by atoms with Crippen LogP contribution in [-0.2, 0) is 11.2 Å². The van der Waals surface area contributed by atoms with E-state index in [2.05, 4.69) is 15.9 Å². The summed E-state index contributed by atoms with van der Waals surface area (Å²) in [5, 5.41) is 9.28. The second-order valence-electron chi connectivity index (χ2n) is 4.29. The maximum atomic E-state index is 13.8. The molecule has 0 spiro atoms. The second kappa shape index (κ2) is 5.78. The van der Waals surface area contributed by atoms with Crippen LogP contribution in [0.15, 0.2) is 16.6 Å². The minimum absolute atomic E-state index is 0.144. The van der Waals surface area contributed by atoms with E-state index >= 15 is 0 Å².